The number of nitrogens with one attached hydrogen (secondary N) is 1. The summed E-state index contributed by atoms with van der Waals surface area (Å²) < 4.78 is 35.9. The SMILES string of the molecule is CCC1CCC(N(C)C(=O)CNCC(F)(F)F)CC1. The van der Waals surface area contributed by atoms with Gasteiger partial charge in [0, 0.05) is 13.1 Å². The van der Waals surface area contributed by atoms with Crippen LogP contribution in [0.4, 0.5) is 13.2 Å². The normalized spacial score (nSPS) is 24.3. The van der Waals surface area contributed by atoms with E-state index in [1.807, 2.05) is 0 Å². The van der Waals surface area contributed by atoms with Crippen LogP contribution in [0.5, 0.6) is 0 Å². The van der Waals surface area contributed by atoms with E-state index in [1.54, 1.807) is 11.9 Å². The molecule has 1 aliphatic rings. The Labute approximate surface area is 112 Å². The predicted octanol–water partition coefficient (Wildman–Crippen LogP) is 2.57. The third-order valence-corrected chi connectivity index (χ3v) is 3.94. The molecule has 1 amide bonds. The van der Waals surface area contributed by atoms with Gasteiger partial charge in [-0.2, -0.15) is 13.2 Å². The molecule has 1 rings (SSSR count). The molecular formula is C13H23F3N2O. The van der Waals surface area contributed by atoms with Crippen LogP contribution in [0, 0.1) is 5.92 Å². The highest BCUT2D eigenvalue weighted by molar-refractivity contribution is 5.78. The van der Waals surface area contributed by atoms with Crippen molar-refractivity contribution in [1.29, 1.82) is 0 Å². The molecule has 0 atom stereocenters. The van der Waals surface area contributed by atoms with E-state index < -0.39 is 12.7 Å². The molecule has 0 unspecified atom stereocenters. The van der Waals surface area contributed by atoms with Crippen LogP contribution in [-0.4, -0.2) is 43.2 Å². The summed E-state index contributed by atoms with van der Waals surface area (Å²) in [6, 6.07) is 0.183. The monoisotopic (exact) mass is 280 g/mol. The Bertz CT molecular complexity index is 286. The van der Waals surface area contributed by atoms with Gasteiger partial charge in [-0.1, -0.05) is 13.3 Å². The smallest absolute Gasteiger partial charge is 0.342 e. The van der Waals surface area contributed by atoms with Gasteiger partial charge >= 0.3 is 6.18 Å². The molecule has 1 fully saturated rings. The van der Waals surface area contributed by atoms with E-state index in [1.165, 1.54) is 0 Å². The van der Waals surface area contributed by atoms with E-state index in [2.05, 4.69) is 12.2 Å². The molecule has 0 aromatic carbocycles. The summed E-state index contributed by atoms with van der Waals surface area (Å²) in [7, 11) is 1.69. The van der Waals surface area contributed by atoms with Gasteiger partial charge in [0.2, 0.25) is 5.91 Å². The van der Waals surface area contributed by atoms with Crippen molar-refractivity contribution in [2.24, 2.45) is 5.92 Å². The van der Waals surface area contributed by atoms with Crippen LogP contribution >= 0.6 is 0 Å². The first-order valence-electron chi connectivity index (χ1n) is 6.86. The lowest BCUT2D eigenvalue weighted by molar-refractivity contribution is -0.135. The molecule has 0 heterocycles. The van der Waals surface area contributed by atoms with Crippen LogP contribution in [0.3, 0.4) is 0 Å². The van der Waals surface area contributed by atoms with Crippen molar-refractivity contribution in [2.45, 2.75) is 51.2 Å². The number of alkyl halides is 3. The topological polar surface area (TPSA) is 32.3 Å². The third kappa shape index (κ3) is 5.80. The Kier molecular flexibility index (Phi) is 6.10. The van der Waals surface area contributed by atoms with Crippen LogP contribution in [0.25, 0.3) is 0 Å². The number of hydrogen-bond donors (Lipinski definition) is 1. The fraction of sp³-hybridized carbons (Fsp3) is 0.923. The maximum Gasteiger partial charge on any atom is 0.401 e. The summed E-state index contributed by atoms with van der Waals surface area (Å²) in [6.07, 6.45) is 1.03. The molecule has 0 aliphatic heterocycles. The second-order valence-corrected chi connectivity index (χ2v) is 5.31. The quantitative estimate of drug-likeness (QED) is 0.839. The van der Waals surface area contributed by atoms with Gasteiger partial charge in [0.15, 0.2) is 0 Å². The lowest BCUT2D eigenvalue weighted by Gasteiger charge is -2.34. The van der Waals surface area contributed by atoms with Crippen molar-refractivity contribution in [3.63, 3.8) is 0 Å². The van der Waals surface area contributed by atoms with E-state index >= 15 is 0 Å². The highest BCUT2D eigenvalue weighted by Gasteiger charge is 2.28. The standard InChI is InChI=1S/C13H23F3N2O/c1-3-10-4-6-11(7-5-10)18(2)12(19)8-17-9-13(14,15)16/h10-11,17H,3-9H2,1-2H3. The van der Waals surface area contributed by atoms with Gasteiger partial charge in [-0.15, -0.1) is 0 Å². The van der Waals surface area contributed by atoms with E-state index in [0.29, 0.717) is 0 Å². The van der Waals surface area contributed by atoms with Gasteiger partial charge in [0.1, 0.15) is 0 Å². The van der Waals surface area contributed by atoms with Gasteiger partial charge in [0.05, 0.1) is 13.1 Å². The maximum atomic E-state index is 12.0. The Balaban J connectivity index is 2.29. The zero-order valence-electron chi connectivity index (χ0n) is 11.6. The number of carbonyl (C=O) groups is 1. The van der Waals surface area contributed by atoms with Crippen LogP contribution in [0.1, 0.15) is 39.0 Å². The number of likely N-dealkylation sites (N-methyl/N-ethyl adjacent to an activating group) is 1. The molecule has 0 saturated heterocycles. The van der Waals surface area contributed by atoms with Gasteiger partial charge in [0.25, 0.3) is 0 Å². The zero-order valence-corrected chi connectivity index (χ0v) is 11.6. The van der Waals surface area contributed by atoms with Crippen molar-refractivity contribution >= 4 is 5.91 Å². The Morgan fingerprint density at radius 3 is 2.32 bits per heavy atom. The van der Waals surface area contributed by atoms with Gasteiger partial charge < -0.3 is 10.2 Å². The molecule has 0 spiro atoms. The first kappa shape index (κ1) is 16.3. The number of halogens is 3. The fourth-order valence-corrected chi connectivity index (χ4v) is 2.58. The minimum atomic E-state index is -4.27. The molecule has 0 bridgehead atoms. The van der Waals surface area contributed by atoms with Crippen molar-refractivity contribution in [2.75, 3.05) is 20.1 Å². The number of hydrogen-bond acceptors (Lipinski definition) is 2. The van der Waals surface area contributed by atoms with Crippen LogP contribution in [0.15, 0.2) is 0 Å². The molecule has 1 N–H and O–H groups in total. The van der Waals surface area contributed by atoms with Crippen molar-refractivity contribution in [3.05, 3.63) is 0 Å². The third-order valence-electron chi connectivity index (χ3n) is 3.94. The average Bonchev–Trinajstić information content (AvgIpc) is 2.36. The number of carbonyl (C=O) groups excluding carboxylic acids is 1. The Morgan fingerprint density at radius 2 is 1.84 bits per heavy atom. The molecule has 19 heavy (non-hydrogen) atoms. The van der Waals surface area contributed by atoms with Crippen LogP contribution in [0.2, 0.25) is 0 Å². The number of rotatable bonds is 5. The first-order valence-corrected chi connectivity index (χ1v) is 6.86. The summed E-state index contributed by atoms with van der Waals surface area (Å²) in [4.78, 5) is 13.4. The first-order chi connectivity index (χ1) is 8.83. The van der Waals surface area contributed by atoms with Gasteiger partial charge in [-0.25, -0.2) is 0 Å². The van der Waals surface area contributed by atoms with E-state index in [-0.39, 0.29) is 18.5 Å². The summed E-state index contributed by atoms with van der Waals surface area (Å²) in [5.41, 5.74) is 0. The average molecular weight is 280 g/mol. The number of amides is 1. The van der Waals surface area contributed by atoms with Crippen molar-refractivity contribution in [1.82, 2.24) is 10.2 Å². The molecule has 1 aliphatic carbocycles. The molecule has 6 heteroatoms. The summed E-state index contributed by atoms with van der Waals surface area (Å²) in [5, 5.41) is 2.15. The molecule has 0 radical (unpaired) electrons. The van der Waals surface area contributed by atoms with Gasteiger partial charge in [-0.05, 0) is 31.6 Å². The largest absolute Gasteiger partial charge is 0.401 e. The number of nitrogens with zero attached hydrogens (tertiary/aromatic N) is 1. The summed E-state index contributed by atoms with van der Waals surface area (Å²) in [5.74, 6) is 0.479. The molecular weight excluding hydrogens is 257 g/mol. The minimum absolute atomic E-state index is 0.183. The lowest BCUT2D eigenvalue weighted by atomic mass is 9.84. The zero-order chi connectivity index (χ0) is 14.5. The molecule has 0 aromatic rings. The summed E-state index contributed by atoms with van der Waals surface area (Å²) in [6.45, 7) is 0.805. The van der Waals surface area contributed by atoms with Crippen molar-refractivity contribution in [3.8, 4) is 0 Å². The molecule has 0 aromatic heterocycles. The van der Waals surface area contributed by atoms with Crippen LogP contribution in [-0.2, 0) is 4.79 Å². The van der Waals surface area contributed by atoms with E-state index in [0.717, 1.165) is 38.0 Å². The Morgan fingerprint density at radius 1 is 1.26 bits per heavy atom. The second kappa shape index (κ2) is 7.12. The molecule has 112 valence electrons. The molecule has 1 saturated carbocycles. The highest BCUT2D eigenvalue weighted by Crippen LogP contribution is 2.28. The maximum absolute atomic E-state index is 12.0. The Hall–Kier alpha value is -0.780. The van der Waals surface area contributed by atoms with Crippen molar-refractivity contribution < 1.29 is 18.0 Å². The minimum Gasteiger partial charge on any atom is -0.342 e. The molecule has 3 nitrogen and oxygen atoms in total. The van der Waals surface area contributed by atoms with Gasteiger partial charge in [-0.3, -0.25) is 4.79 Å². The van der Waals surface area contributed by atoms with E-state index in [4.69, 9.17) is 0 Å². The fourth-order valence-electron chi connectivity index (χ4n) is 2.58. The summed E-state index contributed by atoms with van der Waals surface area (Å²) >= 11 is 0. The predicted molar refractivity (Wildman–Crippen MR) is 67.7 cm³/mol. The van der Waals surface area contributed by atoms with E-state index in [9.17, 15) is 18.0 Å². The lowest BCUT2D eigenvalue weighted by Crippen LogP contribution is -2.44. The highest BCUT2D eigenvalue weighted by atomic mass is 19.4. The second-order valence-electron chi connectivity index (χ2n) is 5.31. The van der Waals surface area contributed by atoms with Crippen LogP contribution < -0.4 is 5.32 Å².